The molecule has 6 rings (SSSR count). The molecule has 1 aliphatic rings. The molecule has 4 heterocycles. The molecular weight excluding hydrogens is 420 g/mol. The second kappa shape index (κ2) is 7.63. The molecule has 2 N–H and O–H groups in total. The third kappa shape index (κ3) is 3.25. The summed E-state index contributed by atoms with van der Waals surface area (Å²) >= 11 is 0. The van der Waals surface area contributed by atoms with E-state index in [-0.39, 0.29) is 11.7 Å². The van der Waals surface area contributed by atoms with Gasteiger partial charge in [-0.25, -0.2) is 4.98 Å². The van der Waals surface area contributed by atoms with Gasteiger partial charge in [0.25, 0.3) is 5.56 Å². The van der Waals surface area contributed by atoms with Gasteiger partial charge >= 0.3 is 0 Å². The first-order valence-corrected chi connectivity index (χ1v) is 10.6. The van der Waals surface area contributed by atoms with Crippen LogP contribution in [-0.2, 0) is 0 Å². The minimum Gasteiger partial charge on any atom is -0.486 e. The van der Waals surface area contributed by atoms with Gasteiger partial charge in [-0.1, -0.05) is 30.3 Å². The van der Waals surface area contributed by atoms with E-state index < -0.39 is 0 Å². The quantitative estimate of drug-likeness (QED) is 0.442. The van der Waals surface area contributed by atoms with Crippen LogP contribution in [0.3, 0.4) is 0 Å². The highest BCUT2D eigenvalue weighted by Gasteiger charge is 2.22. The Balaban J connectivity index is 1.39. The van der Waals surface area contributed by atoms with Crippen molar-refractivity contribution in [1.82, 2.24) is 24.7 Å². The standard InChI is InChI=1S/C24H20N6O3/c1-14-20-21(29-28-14)17-12-26-24(25-11-16-13-32-18-9-5-6-10-19(18)33-16)27-22(17)30(23(20)31)15-7-3-2-4-8-15/h2-10,12,16H,11,13H2,1H3,(H,28,29)(H,25,26,27)/t16-/m0/s1. The number of ether oxygens (including phenoxy) is 2. The van der Waals surface area contributed by atoms with E-state index in [0.717, 1.165) is 11.4 Å². The molecule has 0 saturated heterocycles. The molecular formula is C24H20N6O3. The first kappa shape index (κ1) is 19.3. The number of fused-ring (bicyclic) bond motifs is 4. The lowest BCUT2D eigenvalue weighted by atomic mass is 10.2. The van der Waals surface area contributed by atoms with E-state index in [4.69, 9.17) is 14.5 Å². The summed E-state index contributed by atoms with van der Waals surface area (Å²) in [4.78, 5) is 22.6. The Kier molecular flexibility index (Phi) is 4.46. The van der Waals surface area contributed by atoms with E-state index in [1.165, 1.54) is 0 Å². The first-order chi connectivity index (χ1) is 16.2. The number of aromatic nitrogens is 5. The van der Waals surface area contributed by atoms with Gasteiger partial charge in [-0.2, -0.15) is 10.1 Å². The van der Waals surface area contributed by atoms with E-state index in [9.17, 15) is 4.79 Å². The Hall–Kier alpha value is -4.40. The number of pyridine rings is 1. The zero-order valence-electron chi connectivity index (χ0n) is 17.8. The zero-order chi connectivity index (χ0) is 22.4. The number of para-hydroxylation sites is 3. The number of nitrogens with one attached hydrogen (secondary N) is 2. The largest absolute Gasteiger partial charge is 0.486 e. The number of aryl methyl sites for hydroxylation is 1. The van der Waals surface area contributed by atoms with Crippen molar-refractivity contribution in [2.45, 2.75) is 13.0 Å². The average Bonchev–Trinajstić information content (AvgIpc) is 3.25. The molecule has 0 saturated carbocycles. The highest BCUT2D eigenvalue weighted by Crippen LogP contribution is 2.31. The highest BCUT2D eigenvalue weighted by atomic mass is 16.6. The molecule has 0 radical (unpaired) electrons. The van der Waals surface area contributed by atoms with E-state index >= 15 is 0 Å². The summed E-state index contributed by atoms with van der Waals surface area (Å²) in [7, 11) is 0. The van der Waals surface area contributed by atoms with Crippen LogP contribution in [0.4, 0.5) is 5.95 Å². The molecule has 5 aromatic rings. The summed E-state index contributed by atoms with van der Waals surface area (Å²) in [5.74, 6) is 1.84. The Labute approximate surface area is 188 Å². The van der Waals surface area contributed by atoms with E-state index in [1.807, 2.05) is 61.5 Å². The highest BCUT2D eigenvalue weighted by molar-refractivity contribution is 6.03. The van der Waals surface area contributed by atoms with Crippen molar-refractivity contribution < 1.29 is 9.47 Å². The number of rotatable bonds is 4. The van der Waals surface area contributed by atoms with Crippen LogP contribution in [0.25, 0.3) is 27.6 Å². The van der Waals surface area contributed by atoms with Crippen LogP contribution in [0.5, 0.6) is 11.5 Å². The van der Waals surface area contributed by atoms with Crippen molar-refractivity contribution in [2.75, 3.05) is 18.5 Å². The fourth-order valence-electron chi connectivity index (χ4n) is 4.07. The van der Waals surface area contributed by atoms with Gasteiger partial charge in [-0.15, -0.1) is 0 Å². The fourth-order valence-corrected chi connectivity index (χ4v) is 4.07. The van der Waals surface area contributed by atoms with Gasteiger partial charge in [0.05, 0.1) is 23.0 Å². The van der Waals surface area contributed by atoms with Crippen molar-refractivity contribution in [3.8, 4) is 17.2 Å². The van der Waals surface area contributed by atoms with Gasteiger partial charge < -0.3 is 14.8 Å². The third-order valence-electron chi connectivity index (χ3n) is 5.67. The molecule has 3 aromatic heterocycles. The van der Waals surface area contributed by atoms with E-state index in [0.29, 0.717) is 52.5 Å². The number of hydrogen-bond donors (Lipinski definition) is 2. The van der Waals surface area contributed by atoms with Crippen LogP contribution >= 0.6 is 0 Å². The SMILES string of the molecule is Cc1[nH]nc2c1c(=O)n(-c1ccccc1)c1nc(NC[C@H]3COc4ccccc4O3)ncc21. The number of hydrogen-bond acceptors (Lipinski definition) is 7. The van der Waals surface area contributed by atoms with Gasteiger partial charge in [0, 0.05) is 11.9 Å². The molecule has 0 unspecified atom stereocenters. The van der Waals surface area contributed by atoms with E-state index in [2.05, 4.69) is 20.5 Å². The van der Waals surface area contributed by atoms with E-state index in [1.54, 1.807) is 10.8 Å². The molecule has 9 nitrogen and oxygen atoms in total. The Morgan fingerprint density at radius 1 is 1.12 bits per heavy atom. The molecule has 0 aliphatic carbocycles. The molecule has 2 aromatic carbocycles. The molecule has 0 bridgehead atoms. The molecule has 0 amide bonds. The molecule has 0 fully saturated rings. The molecule has 33 heavy (non-hydrogen) atoms. The normalized spacial score (nSPS) is 15.1. The smallest absolute Gasteiger partial charge is 0.268 e. The second-order valence-corrected chi connectivity index (χ2v) is 7.86. The number of aromatic amines is 1. The predicted molar refractivity (Wildman–Crippen MR) is 124 cm³/mol. The summed E-state index contributed by atoms with van der Waals surface area (Å²) < 4.78 is 13.4. The van der Waals surface area contributed by atoms with Crippen LogP contribution in [-0.4, -0.2) is 44.0 Å². The third-order valence-corrected chi connectivity index (χ3v) is 5.67. The van der Waals surface area contributed by atoms with Crippen LogP contribution in [0.1, 0.15) is 5.69 Å². The molecule has 1 aliphatic heterocycles. The first-order valence-electron chi connectivity index (χ1n) is 10.6. The Morgan fingerprint density at radius 3 is 2.76 bits per heavy atom. The van der Waals surface area contributed by atoms with Gasteiger partial charge in [-0.3, -0.25) is 14.5 Å². The Bertz CT molecular complexity index is 1540. The summed E-state index contributed by atoms with van der Waals surface area (Å²) in [6, 6.07) is 17.0. The summed E-state index contributed by atoms with van der Waals surface area (Å²) in [6.07, 6.45) is 1.49. The maximum Gasteiger partial charge on any atom is 0.268 e. The molecule has 1 atom stereocenters. The summed E-state index contributed by atoms with van der Waals surface area (Å²) in [5.41, 5.74) is 2.29. The van der Waals surface area contributed by atoms with Crippen LogP contribution in [0.15, 0.2) is 65.6 Å². The average molecular weight is 440 g/mol. The minimum absolute atomic E-state index is 0.180. The van der Waals surface area contributed by atoms with Gasteiger partial charge in [0.1, 0.15) is 18.2 Å². The molecule has 9 heteroatoms. The van der Waals surface area contributed by atoms with Gasteiger partial charge in [0.2, 0.25) is 5.95 Å². The van der Waals surface area contributed by atoms with Crippen molar-refractivity contribution in [2.24, 2.45) is 0 Å². The second-order valence-electron chi connectivity index (χ2n) is 7.86. The van der Waals surface area contributed by atoms with Crippen molar-refractivity contribution >= 4 is 27.9 Å². The number of benzene rings is 2. The summed E-state index contributed by atoms with van der Waals surface area (Å²) in [6.45, 7) is 2.69. The number of anilines is 1. The van der Waals surface area contributed by atoms with Crippen LogP contribution in [0.2, 0.25) is 0 Å². The zero-order valence-corrected chi connectivity index (χ0v) is 17.8. The minimum atomic E-state index is -0.202. The molecule has 0 spiro atoms. The van der Waals surface area contributed by atoms with Crippen LogP contribution < -0.4 is 20.3 Å². The monoisotopic (exact) mass is 440 g/mol. The Morgan fingerprint density at radius 2 is 1.91 bits per heavy atom. The number of nitrogens with zero attached hydrogens (tertiary/aromatic N) is 4. The predicted octanol–water partition coefficient (Wildman–Crippen LogP) is 3.22. The maximum atomic E-state index is 13.4. The fraction of sp³-hybridized carbons (Fsp3) is 0.167. The topological polar surface area (TPSA) is 107 Å². The maximum absolute atomic E-state index is 13.4. The van der Waals surface area contributed by atoms with Crippen molar-refractivity contribution in [3.05, 3.63) is 76.8 Å². The lowest BCUT2D eigenvalue weighted by Crippen LogP contribution is -2.35. The number of H-pyrrole nitrogens is 1. The lowest BCUT2D eigenvalue weighted by molar-refractivity contribution is 0.0996. The molecule has 164 valence electrons. The summed E-state index contributed by atoms with van der Waals surface area (Å²) in [5, 5.41) is 11.7. The van der Waals surface area contributed by atoms with Crippen molar-refractivity contribution in [1.29, 1.82) is 0 Å². The van der Waals surface area contributed by atoms with Gasteiger partial charge in [0.15, 0.2) is 17.1 Å². The van der Waals surface area contributed by atoms with Gasteiger partial charge in [-0.05, 0) is 31.2 Å². The van der Waals surface area contributed by atoms with Crippen molar-refractivity contribution in [3.63, 3.8) is 0 Å². The van der Waals surface area contributed by atoms with Crippen LogP contribution in [0, 0.1) is 6.92 Å². The lowest BCUT2D eigenvalue weighted by Gasteiger charge is -2.26.